The third-order valence-corrected chi connectivity index (χ3v) is 3.63. The van der Waals surface area contributed by atoms with E-state index >= 15 is 0 Å². The molecule has 14 heavy (non-hydrogen) atoms. The van der Waals surface area contributed by atoms with Crippen molar-refractivity contribution in [2.45, 2.75) is 12.8 Å². The molecule has 76 valence electrons. The Balaban J connectivity index is 2.65. The van der Waals surface area contributed by atoms with Crippen LogP contribution in [0.15, 0.2) is 0 Å². The van der Waals surface area contributed by atoms with Crippen molar-refractivity contribution < 1.29 is 8.42 Å². The first-order valence-electron chi connectivity index (χ1n) is 4.38. The Labute approximate surface area is 84.6 Å². The van der Waals surface area contributed by atoms with Gasteiger partial charge in [-0.3, -0.25) is 0 Å². The largest absolute Gasteiger partial charge is 0.228 e. The highest BCUT2D eigenvalue weighted by Gasteiger charge is 2.29. The van der Waals surface area contributed by atoms with Gasteiger partial charge in [-0.2, -0.15) is 9.57 Å². The van der Waals surface area contributed by atoms with Gasteiger partial charge in [0.25, 0.3) is 0 Å². The first kappa shape index (κ1) is 11.0. The molecule has 0 amide bonds. The second kappa shape index (κ2) is 4.45. The molecule has 0 atom stereocenters. The molecule has 1 aliphatic carbocycles. The summed E-state index contributed by atoms with van der Waals surface area (Å²) in [6, 6.07) is 1.64. The van der Waals surface area contributed by atoms with Gasteiger partial charge >= 0.3 is 0 Å². The lowest BCUT2D eigenvalue weighted by molar-refractivity contribution is 0.432. The maximum atomic E-state index is 11.5. The van der Waals surface area contributed by atoms with E-state index in [1.807, 2.05) is 0 Å². The van der Waals surface area contributed by atoms with Crippen LogP contribution in [-0.2, 0) is 10.0 Å². The second-order valence-electron chi connectivity index (χ2n) is 3.35. The highest BCUT2D eigenvalue weighted by atomic mass is 32.2. The average molecular weight is 212 g/mol. The quantitative estimate of drug-likeness (QED) is 0.611. The lowest BCUT2D eigenvalue weighted by Crippen LogP contribution is -2.34. The minimum Gasteiger partial charge on any atom is -0.211 e. The van der Waals surface area contributed by atoms with E-state index in [1.165, 1.54) is 4.31 Å². The zero-order valence-corrected chi connectivity index (χ0v) is 8.63. The Morgan fingerprint density at radius 1 is 1.50 bits per heavy atom. The van der Waals surface area contributed by atoms with Gasteiger partial charge in [0.2, 0.25) is 10.0 Å². The van der Waals surface area contributed by atoms with Crippen LogP contribution >= 0.6 is 0 Å². The number of sulfonamides is 1. The van der Waals surface area contributed by atoms with Gasteiger partial charge in [0, 0.05) is 6.54 Å². The molecule has 0 radical (unpaired) electrons. The molecule has 0 aromatic heterocycles. The molecular formula is C9H12N2O2S. The van der Waals surface area contributed by atoms with Gasteiger partial charge in [-0.1, -0.05) is 5.92 Å². The predicted octanol–water partition coefficient (Wildman–Crippen LogP) is 0.185. The van der Waals surface area contributed by atoms with E-state index in [2.05, 4.69) is 5.92 Å². The molecule has 0 aromatic rings. The van der Waals surface area contributed by atoms with Crippen LogP contribution in [0.1, 0.15) is 12.8 Å². The van der Waals surface area contributed by atoms with Crippen molar-refractivity contribution >= 4 is 10.0 Å². The monoisotopic (exact) mass is 212 g/mol. The lowest BCUT2D eigenvalue weighted by Gasteiger charge is -2.17. The van der Waals surface area contributed by atoms with Crippen LogP contribution in [0, 0.1) is 29.6 Å². The molecule has 0 unspecified atom stereocenters. The van der Waals surface area contributed by atoms with Crippen LogP contribution < -0.4 is 0 Å². The molecule has 1 rings (SSSR count). The summed E-state index contributed by atoms with van der Waals surface area (Å²) in [7, 11) is -3.46. The van der Waals surface area contributed by atoms with Gasteiger partial charge in [0.15, 0.2) is 5.75 Å². The summed E-state index contributed by atoms with van der Waals surface area (Å²) < 4.78 is 24.2. The lowest BCUT2D eigenvalue weighted by atomic mass is 10.4. The van der Waals surface area contributed by atoms with Gasteiger partial charge in [-0.05, 0) is 18.8 Å². The Morgan fingerprint density at radius 2 is 2.14 bits per heavy atom. The van der Waals surface area contributed by atoms with Crippen molar-refractivity contribution in [3.8, 4) is 18.4 Å². The van der Waals surface area contributed by atoms with Gasteiger partial charge in [0.05, 0.1) is 12.6 Å². The highest BCUT2D eigenvalue weighted by Crippen LogP contribution is 2.30. The zero-order valence-electron chi connectivity index (χ0n) is 7.81. The molecule has 0 aromatic carbocycles. The number of hydrogen-bond acceptors (Lipinski definition) is 3. The van der Waals surface area contributed by atoms with Crippen molar-refractivity contribution in [3.63, 3.8) is 0 Å². The van der Waals surface area contributed by atoms with Gasteiger partial charge in [-0.25, -0.2) is 8.42 Å². The van der Waals surface area contributed by atoms with Crippen LogP contribution in [0.25, 0.3) is 0 Å². The van der Waals surface area contributed by atoms with Crippen LogP contribution in [0.5, 0.6) is 0 Å². The molecule has 0 aliphatic heterocycles. The van der Waals surface area contributed by atoms with Crippen molar-refractivity contribution in [3.05, 3.63) is 0 Å². The number of terminal acetylenes is 1. The third kappa shape index (κ3) is 3.02. The van der Waals surface area contributed by atoms with Crippen molar-refractivity contribution in [2.75, 3.05) is 18.8 Å². The van der Waals surface area contributed by atoms with Crippen LogP contribution in [0.3, 0.4) is 0 Å². The van der Waals surface area contributed by atoms with Gasteiger partial charge < -0.3 is 0 Å². The summed E-state index contributed by atoms with van der Waals surface area (Å²) in [6.07, 6.45) is 7.20. The first-order chi connectivity index (χ1) is 6.60. The molecular weight excluding hydrogens is 200 g/mol. The molecule has 0 bridgehead atoms. The summed E-state index contributed by atoms with van der Waals surface area (Å²) in [5.74, 6) is 2.26. The fourth-order valence-corrected chi connectivity index (χ4v) is 2.19. The third-order valence-electron chi connectivity index (χ3n) is 2.07. The van der Waals surface area contributed by atoms with Gasteiger partial charge in [-0.15, -0.1) is 6.42 Å². The SMILES string of the molecule is C#CCN(CC1CC1)S(=O)(=O)CC#N. The molecule has 1 saturated carbocycles. The molecule has 0 spiro atoms. The minimum absolute atomic E-state index is 0.0700. The standard InChI is InChI=1S/C9H12N2O2S/c1-2-6-11(8-9-3-4-9)14(12,13)7-5-10/h1,9H,3-4,6-8H2. The average Bonchev–Trinajstić information content (AvgIpc) is 2.87. The first-order valence-corrected chi connectivity index (χ1v) is 5.99. The highest BCUT2D eigenvalue weighted by molar-refractivity contribution is 7.89. The van der Waals surface area contributed by atoms with E-state index in [-0.39, 0.29) is 6.54 Å². The van der Waals surface area contributed by atoms with E-state index in [9.17, 15) is 8.42 Å². The van der Waals surface area contributed by atoms with E-state index in [1.54, 1.807) is 6.07 Å². The fourth-order valence-electron chi connectivity index (χ4n) is 1.14. The number of nitrogens with zero attached hydrogens (tertiary/aromatic N) is 2. The summed E-state index contributed by atoms with van der Waals surface area (Å²) in [6.45, 7) is 0.536. The molecule has 1 fully saturated rings. The Kier molecular flexibility index (Phi) is 3.51. The number of nitriles is 1. The van der Waals surface area contributed by atoms with Crippen LogP contribution in [0.4, 0.5) is 0 Å². The Hall–Kier alpha value is -1.04. The molecule has 0 N–H and O–H groups in total. The van der Waals surface area contributed by atoms with E-state index in [0.717, 1.165) is 12.8 Å². The van der Waals surface area contributed by atoms with Gasteiger partial charge in [0.1, 0.15) is 0 Å². The molecule has 4 nitrogen and oxygen atoms in total. The summed E-state index contributed by atoms with van der Waals surface area (Å²) >= 11 is 0. The van der Waals surface area contributed by atoms with Crippen molar-refractivity contribution in [2.24, 2.45) is 5.92 Å². The fraction of sp³-hybridized carbons (Fsp3) is 0.667. The van der Waals surface area contributed by atoms with Crippen LogP contribution in [0.2, 0.25) is 0 Å². The van der Waals surface area contributed by atoms with E-state index in [4.69, 9.17) is 11.7 Å². The normalized spacial score (nSPS) is 16.2. The zero-order chi connectivity index (χ0) is 10.6. The second-order valence-corrected chi connectivity index (χ2v) is 5.32. The summed E-state index contributed by atoms with van der Waals surface area (Å²) in [5.41, 5.74) is 0. The topological polar surface area (TPSA) is 61.2 Å². The number of rotatable bonds is 5. The summed E-state index contributed by atoms with van der Waals surface area (Å²) in [5, 5.41) is 8.36. The molecule has 0 saturated heterocycles. The minimum atomic E-state index is -3.46. The van der Waals surface area contributed by atoms with Crippen molar-refractivity contribution in [1.82, 2.24) is 4.31 Å². The van der Waals surface area contributed by atoms with Crippen molar-refractivity contribution in [1.29, 1.82) is 5.26 Å². The van der Waals surface area contributed by atoms with E-state index < -0.39 is 15.8 Å². The maximum Gasteiger partial charge on any atom is 0.228 e. The van der Waals surface area contributed by atoms with Crippen LogP contribution in [-0.4, -0.2) is 31.6 Å². The maximum absolute atomic E-state index is 11.5. The molecule has 1 aliphatic rings. The predicted molar refractivity (Wildman–Crippen MR) is 52.5 cm³/mol. The Morgan fingerprint density at radius 3 is 2.57 bits per heavy atom. The summed E-state index contributed by atoms with van der Waals surface area (Å²) in [4.78, 5) is 0. The molecule has 0 heterocycles. The van der Waals surface area contributed by atoms with E-state index in [0.29, 0.717) is 12.5 Å². The Bertz CT molecular complexity index is 371. The smallest absolute Gasteiger partial charge is 0.211 e. The number of hydrogen-bond donors (Lipinski definition) is 0. The molecule has 5 heteroatoms.